The van der Waals surface area contributed by atoms with Crippen LogP contribution in [0.1, 0.15) is 23.5 Å². The second-order valence-electron chi connectivity index (χ2n) is 7.53. The number of benzene rings is 2. The van der Waals surface area contributed by atoms with Gasteiger partial charge in [0.05, 0.1) is 17.5 Å². The van der Waals surface area contributed by atoms with Crippen molar-refractivity contribution in [3.05, 3.63) is 71.4 Å². The van der Waals surface area contributed by atoms with E-state index in [1.807, 2.05) is 47.0 Å². The fourth-order valence-corrected chi connectivity index (χ4v) is 4.97. The zero-order chi connectivity index (χ0) is 22.2. The summed E-state index contributed by atoms with van der Waals surface area (Å²) in [6.45, 7) is 0.613. The largest absolute Gasteiger partial charge is 0.338 e. The molecule has 1 aliphatic heterocycles. The number of amides is 2. The van der Waals surface area contributed by atoms with Gasteiger partial charge in [0.2, 0.25) is 5.91 Å². The van der Waals surface area contributed by atoms with E-state index in [0.29, 0.717) is 17.5 Å². The molecule has 2 aromatic carbocycles. The van der Waals surface area contributed by atoms with Crippen molar-refractivity contribution in [2.75, 3.05) is 17.7 Å². The first kappa shape index (κ1) is 22.9. The molecule has 170 valence electrons. The fraction of sp³-hybridized carbons (Fsp3) is 0.217. The Bertz CT molecular complexity index is 1320. The van der Waals surface area contributed by atoms with Crippen LogP contribution in [0.25, 0.3) is 10.9 Å². The number of imidazole rings is 1. The zero-order valence-corrected chi connectivity index (χ0v) is 18.7. The van der Waals surface area contributed by atoms with Crippen LogP contribution in [0.2, 0.25) is 5.15 Å². The molecule has 0 fully saturated rings. The summed E-state index contributed by atoms with van der Waals surface area (Å²) >= 11 is 7.66. The predicted octanol–water partition coefficient (Wildman–Crippen LogP) is 3.96. The number of anilines is 1. The van der Waals surface area contributed by atoms with Crippen LogP contribution in [-0.4, -0.2) is 50.4 Å². The number of fused-ring (bicyclic) bond motifs is 2. The first-order valence-electron chi connectivity index (χ1n) is 9.94. The normalized spacial score (nSPS) is 15.6. The maximum absolute atomic E-state index is 13.1. The van der Waals surface area contributed by atoms with Gasteiger partial charge in [-0.3, -0.25) is 14.7 Å². The number of nitrogens with one attached hydrogen (secondary N) is 2. The van der Waals surface area contributed by atoms with E-state index in [4.69, 9.17) is 11.6 Å². The Balaban J connectivity index is 0.00000259. The van der Waals surface area contributed by atoms with Crippen molar-refractivity contribution in [2.24, 2.45) is 0 Å². The van der Waals surface area contributed by atoms with E-state index in [2.05, 4.69) is 20.5 Å². The highest BCUT2D eigenvalue weighted by Gasteiger charge is 2.31. The third-order valence-corrected chi connectivity index (χ3v) is 6.79. The second-order valence-corrected chi connectivity index (χ2v) is 8.97. The van der Waals surface area contributed by atoms with Crippen LogP contribution in [0.3, 0.4) is 0 Å². The van der Waals surface area contributed by atoms with Crippen LogP contribution in [-0.2, 0) is 11.3 Å². The van der Waals surface area contributed by atoms with Crippen molar-refractivity contribution in [2.45, 2.75) is 24.9 Å². The number of hydrogen-bond acceptors (Lipinski definition) is 5. The van der Waals surface area contributed by atoms with Crippen molar-refractivity contribution in [1.82, 2.24) is 25.1 Å². The summed E-state index contributed by atoms with van der Waals surface area (Å²) in [6, 6.07) is 13.0. The minimum atomic E-state index is -0.687. The van der Waals surface area contributed by atoms with Crippen molar-refractivity contribution in [3.63, 3.8) is 0 Å². The highest BCUT2D eigenvalue weighted by molar-refractivity contribution is 7.99. The summed E-state index contributed by atoms with van der Waals surface area (Å²) in [4.78, 5) is 32.6. The van der Waals surface area contributed by atoms with Crippen LogP contribution in [0.15, 0.2) is 59.9 Å². The molecule has 1 atom stereocenters. The molecule has 4 aromatic rings. The third kappa shape index (κ3) is 4.46. The van der Waals surface area contributed by atoms with Gasteiger partial charge < -0.3 is 14.8 Å². The van der Waals surface area contributed by atoms with Crippen molar-refractivity contribution >= 4 is 51.8 Å². The van der Waals surface area contributed by atoms with Gasteiger partial charge in [0.1, 0.15) is 16.9 Å². The fourth-order valence-electron chi connectivity index (χ4n) is 3.66. The van der Waals surface area contributed by atoms with Gasteiger partial charge >= 0.3 is 0 Å². The monoisotopic (exact) mass is 482 g/mol. The SMILES string of the molecule is C.CN1C(=O)[C@@H](NC(=O)c2cn(Cc3ccccc3)cn2)CSc2cc3n[nH]c(Cl)c3cc21. The molecule has 5 rings (SSSR count). The second kappa shape index (κ2) is 9.29. The van der Waals surface area contributed by atoms with Gasteiger partial charge in [0.15, 0.2) is 0 Å². The quantitative estimate of drug-likeness (QED) is 0.459. The van der Waals surface area contributed by atoms with Gasteiger partial charge in [-0.25, -0.2) is 4.98 Å². The minimum absolute atomic E-state index is 0. The Morgan fingerprint density at radius 1 is 1.30 bits per heavy atom. The highest BCUT2D eigenvalue weighted by Crippen LogP contribution is 2.38. The van der Waals surface area contributed by atoms with Gasteiger partial charge in [-0.1, -0.05) is 49.4 Å². The number of hydrogen-bond donors (Lipinski definition) is 2. The lowest BCUT2D eigenvalue weighted by Crippen LogP contribution is -2.48. The number of aromatic nitrogens is 4. The molecule has 2 amide bonds. The van der Waals surface area contributed by atoms with Gasteiger partial charge in [-0.15, -0.1) is 11.8 Å². The molecule has 1 aliphatic rings. The Morgan fingerprint density at radius 2 is 2.09 bits per heavy atom. The summed E-state index contributed by atoms with van der Waals surface area (Å²) in [5, 5.41) is 10.9. The van der Waals surface area contributed by atoms with E-state index >= 15 is 0 Å². The molecular weight excluding hydrogens is 460 g/mol. The number of thioether (sulfide) groups is 1. The molecular formula is C23H23ClN6O2S. The third-order valence-electron chi connectivity index (χ3n) is 5.36. The van der Waals surface area contributed by atoms with Crippen LogP contribution in [0.5, 0.6) is 0 Å². The zero-order valence-electron chi connectivity index (χ0n) is 17.1. The number of nitrogens with zero attached hydrogens (tertiary/aromatic N) is 4. The Hall–Kier alpha value is -3.30. The minimum Gasteiger partial charge on any atom is -0.338 e. The van der Waals surface area contributed by atoms with Gasteiger partial charge in [-0.2, -0.15) is 5.10 Å². The van der Waals surface area contributed by atoms with Gasteiger partial charge in [0.25, 0.3) is 5.91 Å². The number of aromatic amines is 1. The molecule has 3 heterocycles. The first-order valence-corrected chi connectivity index (χ1v) is 11.3. The van der Waals surface area contributed by atoms with Crippen molar-refractivity contribution < 1.29 is 9.59 Å². The summed E-state index contributed by atoms with van der Waals surface area (Å²) < 4.78 is 1.84. The van der Waals surface area contributed by atoms with Crippen LogP contribution in [0.4, 0.5) is 5.69 Å². The van der Waals surface area contributed by atoms with Crippen LogP contribution >= 0.6 is 23.4 Å². The van der Waals surface area contributed by atoms with Crippen molar-refractivity contribution in [1.29, 1.82) is 0 Å². The number of carbonyl (C=O) groups is 2. The molecule has 0 saturated carbocycles. The molecule has 10 heteroatoms. The Kier molecular flexibility index (Phi) is 6.44. The van der Waals surface area contributed by atoms with E-state index in [1.165, 1.54) is 11.8 Å². The molecule has 0 bridgehead atoms. The summed E-state index contributed by atoms with van der Waals surface area (Å²) in [5.74, 6) is -0.184. The Labute approximate surface area is 200 Å². The number of H-pyrrole nitrogens is 1. The standard InChI is InChI=1S/C22H19ClN6O2S.CH4/c1-28-18-7-14-15(26-27-20(14)23)8-19(18)32-11-17(22(28)31)25-21(30)16-10-29(12-24-16)9-13-5-3-2-4-6-13;/h2-8,10,12,17H,9,11H2,1H3,(H,25,30)(H,26,27);1H4/t17-;/m0./s1. The number of likely N-dealkylation sites (N-methyl/N-ethyl adjacent to an activating group) is 1. The molecule has 0 unspecified atom stereocenters. The van der Waals surface area contributed by atoms with Gasteiger partial charge in [0, 0.05) is 35.8 Å². The van der Waals surface area contributed by atoms with Gasteiger partial charge in [-0.05, 0) is 17.7 Å². The lowest BCUT2D eigenvalue weighted by atomic mass is 10.2. The first-order chi connectivity index (χ1) is 15.5. The molecule has 0 radical (unpaired) electrons. The summed E-state index contributed by atoms with van der Waals surface area (Å²) in [6.07, 6.45) is 3.30. The number of halogens is 1. The van der Waals surface area contributed by atoms with Crippen molar-refractivity contribution in [3.8, 4) is 0 Å². The molecule has 0 saturated heterocycles. The smallest absolute Gasteiger partial charge is 0.272 e. The predicted molar refractivity (Wildman–Crippen MR) is 131 cm³/mol. The lowest BCUT2D eigenvalue weighted by Gasteiger charge is -2.21. The van der Waals surface area contributed by atoms with E-state index in [0.717, 1.165) is 27.0 Å². The Morgan fingerprint density at radius 3 is 2.88 bits per heavy atom. The van der Waals surface area contributed by atoms with Crippen LogP contribution in [0, 0.1) is 0 Å². The maximum atomic E-state index is 13.1. The van der Waals surface area contributed by atoms with Crippen LogP contribution < -0.4 is 10.2 Å². The molecule has 2 aromatic heterocycles. The van der Waals surface area contributed by atoms with E-state index in [1.54, 1.807) is 24.5 Å². The maximum Gasteiger partial charge on any atom is 0.272 e. The van der Waals surface area contributed by atoms with E-state index < -0.39 is 6.04 Å². The number of rotatable bonds is 4. The molecule has 0 spiro atoms. The molecule has 33 heavy (non-hydrogen) atoms. The van der Waals surface area contributed by atoms with E-state index in [-0.39, 0.29) is 24.9 Å². The molecule has 2 N–H and O–H groups in total. The lowest BCUT2D eigenvalue weighted by molar-refractivity contribution is -0.119. The van der Waals surface area contributed by atoms with E-state index in [9.17, 15) is 9.59 Å². The average Bonchev–Trinajstić information content (AvgIpc) is 3.39. The average molecular weight is 483 g/mol. The molecule has 0 aliphatic carbocycles. The summed E-state index contributed by atoms with van der Waals surface area (Å²) in [7, 11) is 1.70. The topological polar surface area (TPSA) is 95.9 Å². The summed E-state index contributed by atoms with van der Waals surface area (Å²) in [5.41, 5.74) is 2.85. The molecule has 8 nitrogen and oxygen atoms in total. The number of carbonyl (C=O) groups excluding carboxylic acids is 2. The highest BCUT2D eigenvalue weighted by atomic mass is 35.5.